The molecule has 0 radical (unpaired) electrons. The maximum atomic E-state index is 10.9. The van der Waals surface area contributed by atoms with E-state index in [0.29, 0.717) is 0 Å². The molecule has 4 rings (SSSR count). The number of methoxy groups -OCH3 is 1. The number of hydrogen-bond acceptors (Lipinski definition) is 5. The van der Waals surface area contributed by atoms with Gasteiger partial charge in [-0.2, -0.15) is 5.10 Å². The van der Waals surface area contributed by atoms with Gasteiger partial charge in [0.15, 0.2) is 0 Å². The fourth-order valence-electron chi connectivity index (χ4n) is 3.55. The van der Waals surface area contributed by atoms with Crippen molar-refractivity contribution in [3.8, 4) is 11.4 Å². The van der Waals surface area contributed by atoms with Crippen LogP contribution in [0.4, 0.5) is 11.5 Å². The molecule has 1 aromatic heterocycles. The zero-order valence-electron chi connectivity index (χ0n) is 15.7. The van der Waals surface area contributed by atoms with E-state index in [1.54, 1.807) is 19.2 Å². The number of rotatable bonds is 5. The van der Waals surface area contributed by atoms with Crippen molar-refractivity contribution in [2.75, 3.05) is 19.0 Å². The molecule has 2 aromatic carbocycles. The molecule has 1 aliphatic heterocycles. The van der Waals surface area contributed by atoms with Crippen LogP contribution in [-0.2, 0) is 12.8 Å². The van der Waals surface area contributed by atoms with Gasteiger partial charge in [-0.3, -0.25) is 10.1 Å². The molecule has 3 aromatic rings. The first-order valence-corrected chi connectivity index (χ1v) is 9.38. The van der Waals surface area contributed by atoms with E-state index in [0.717, 1.165) is 55.2 Å². The number of aromatic nitrogens is 2. The highest BCUT2D eigenvalue weighted by Gasteiger charge is 2.21. The van der Waals surface area contributed by atoms with Gasteiger partial charge in [0, 0.05) is 30.7 Å². The summed E-state index contributed by atoms with van der Waals surface area (Å²) in [4.78, 5) is 10.6. The second-order valence-electron chi connectivity index (χ2n) is 6.87. The van der Waals surface area contributed by atoms with Crippen molar-refractivity contribution in [2.45, 2.75) is 25.7 Å². The van der Waals surface area contributed by atoms with Crippen molar-refractivity contribution in [1.82, 2.24) is 9.78 Å². The van der Waals surface area contributed by atoms with Crippen molar-refractivity contribution in [3.05, 3.63) is 75.5 Å². The highest BCUT2D eigenvalue weighted by molar-refractivity contribution is 5.56. The summed E-state index contributed by atoms with van der Waals surface area (Å²) >= 11 is 0. The predicted octanol–water partition coefficient (Wildman–Crippen LogP) is 4.13. The highest BCUT2D eigenvalue weighted by atomic mass is 16.6. The smallest absolute Gasteiger partial charge is 0.269 e. The second-order valence-corrected chi connectivity index (χ2v) is 6.87. The number of fused-ring (bicyclic) bond motifs is 1. The van der Waals surface area contributed by atoms with Crippen LogP contribution in [-0.4, -0.2) is 28.4 Å². The van der Waals surface area contributed by atoms with Crippen molar-refractivity contribution in [1.29, 1.82) is 0 Å². The number of nitro benzene ring substituents is 1. The molecule has 2 heterocycles. The molecule has 7 nitrogen and oxygen atoms in total. The molecule has 0 amide bonds. The minimum absolute atomic E-state index is 0.0772. The van der Waals surface area contributed by atoms with Gasteiger partial charge >= 0.3 is 0 Å². The standard InChI is InChI=1S/C21H22N4O3/c1-28-18-11-5-15(6-12-18)14-20-19-4-2-3-13-22-21(19)24(23-20)16-7-9-17(10-8-16)25(26)27/h5-12,22H,2-4,13-14H2,1H3. The molecule has 0 atom stereocenters. The SMILES string of the molecule is COc1ccc(Cc2nn(-c3ccc([N+](=O)[O-])cc3)c3c2CCCCN3)cc1. The van der Waals surface area contributed by atoms with Crippen LogP contribution in [0.25, 0.3) is 5.69 Å². The average Bonchev–Trinajstić information content (AvgIpc) is 2.89. The molecule has 1 N–H and O–H groups in total. The van der Waals surface area contributed by atoms with Crippen molar-refractivity contribution in [2.24, 2.45) is 0 Å². The Bertz CT molecular complexity index is 978. The molecule has 0 spiro atoms. The van der Waals surface area contributed by atoms with Gasteiger partial charge in [-0.15, -0.1) is 0 Å². The zero-order chi connectivity index (χ0) is 19.5. The third-order valence-electron chi connectivity index (χ3n) is 5.05. The first-order chi connectivity index (χ1) is 13.7. The van der Waals surface area contributed by atoms with Gasteiger partial charge in [-0.1, -0.05) is 12.1 Å². The van der Waals surface area contributed by atoms with Crippen LogP contribution in [0.5, 0.6) is 5.75 Å². The van der Waals surface area contributed by atoms with Crippen LogP contribution in [0.15, 0.2) is 48.5 Å². The Morgan fingerprint density at radius 1 is 1.14 bits per heavy atom. The van der Waals surface area contributed by atoms with Crippen LogP contribution in [0, 0.1) is 10.1 Å². The molecule has 0 aliphatic carbocycles. The summed E-state index contributed by atoms with van der Waals surface area (Å²) in [5.74, 6) is 1.83. The Balaban J connectivity index is 1.71. The summed E-state index contributed by atoms with van der Waals surface area (Å²) in [5, 5.41) is 19.3. The average molecular weight is 378 g/mol. The van der Waals surface area contributed by atoms with Gasteiger partial charge in [-0.05, 0) is 49.1 Å². The number of anilines is 1. The van der Waals surface area contributed by atoms with Gasteiger partial charge in [-0.25, -0.2) is 4.68 Å². The summed E-state index contributed by atoms with van der Waals surface area (Å²) in [7, 11) is 1.66. The molecule has 28 heavy (non-hydrogen) atoms. The largest absolute Gasteiger partial charge is 0.497 e. The molecule has 0 saturated heterocycles. The molecule has 0 unspecified atom stereocenters. The normalized spacial score (nSPS) is 13.3. The molecule has 0 saturated carbocycles. The first kappa shape index (κ1) is 18.0. The maximum Gasteiger partial charge on any atom is 0.269 e. The number of non-ortho nitro benzene ring substituents is 1. The summed E-state index contributed by atoms with van der Waals surface area (Å²) in [6, 6.07) is 14.6. The van der Waals surface area contributed by atoms with E-state index in [9.17, 15) is 10.1 Å². The molecular formula is C21H22N4O3. The first-order valence-electron chi connectivity index (χ1n) is 9.38. The van der Waals surface area contributed by atoms with E-state index in [1.807, 2.05) is 16.8 Å². The van der Waals surface area contributed by atoms with Crippen LogP contribution >= 0.6 is 0 Å². The Labute approximate surface area is 163 Å². The lowest BCUT2D eigenvalue weighted by Crippen LogP contribution is -2.07. The van der Waals surface area contributed by atoms with Gasteiger partial charge in [0.1, 0.15) is 11.6 Å². The second kappa shape index (κ2) is 7.72. The third kappa shape index (κ3) is 3.55. The van der Waals surface area contributed by atoms with Crippen LogP contribution in [0.3, 0.4) is 0 Å². The number of benzene rings is 2. The van der Waals surface area contributed by atoms with Crippen LogP contribution < -0.4 is 10.1 Å². The minimum atomic E-state index is -0.388. The summed E-state index contributed by atoms with van der Waals surface area (Å²) in [6.07, 6.45) is 3.92. The minimum Gasteiger partial charge on any atom is -0.497 e. The number of ether oxygens (including phenoxy) is 1. The number of nitrogens with zero attached hydrogens (tertiary/aromatic N) is 3. The number of nitro groups is 1. The van der Waals surface area contributed by atoms with E-state index >= 15 is 0 Å². The van der Waals surface area contributed by atoms with E-state index < -0.39 is 0 Å². The Morgan fingerprint density at radius 2 is 1.89 bits per heavy atom. The zero-order valence-corrected chi connectivity index (χ0v) is 15.7. The Morgan fingerprint density at radius 3 is 2.57 bits per heavy atom. The monoisotopic (exact) mass is 378 g/mol. The van der Waals surface area contributed by atoms with Crippen molar-refractivity contribution < 1.29 is 9.66 Å². The van der Waals surface area contributed by atoms with Crippen LogP contribution in [0.2, 0.25) is 0 Å². The van der Waals surface area contributed by atoms with Gasteiger partial charge < -0.3 is 10.1 Å². The quantitative estimate of drug-likeness (QED) is 0.533. The predicted molar refractivity (Wildman–Crippen MR) is 107 cm³/mol. The van der Waals surface area contributed by atoms with Gasteiger partial charge in [0.05, 0.1) is 23.4 Å². The lowest BCUT2D eigenvalue weighted by Gasteiger charge is -2.09. The Hall–Kier alpha value is -3.35. The van der Waals surface area contributed by atoms with E-state index in [1.165, 1.54) is 23.3 Å². The fraction of sp³-hybridized carbons (Fsp3) is 0.286. The van der Waals surface area contributed by atoms with Crippen molar-refractivity contribution in [3.63, 3.8) is 0 Å². The molecular weight excluding hydrogens is 356 g/mol. The Kier molecular flexibility index (Phi) is 4.97. The third-order valence-corrected chi connectivity index (χ3v) is 5.05. The van der Waals surface area contributed by atoms with Gasteiger partial charge in [0.25, 0.3) is 5.69 Å². The topological polar surface area (TPSA) is 82.2 Å². The van der Waals surface area contributed by atoms with E-state index in [4.69, 9.17) is 9.84 Å². The molecule has 0 fully saturated rings. The molecule has 7 heteroatoms. The highest BCUT2D eigenvalue weighted by Crippen LogP contribution is 2.30. The summed E-state index contributed by atoms with van der Waals surface area (Å²) in [5.41, 5.74) is 4.33. The summed E-state index contributed by atoms with van der Waals surface area (Å²) in [6.45, 7) is 0.896. The lowest BCUT2D eigenvalue weighted by atomic mass is 10.0. The van der Waals surface area contributed by atoms with Crippen molar-refractivity contribution >= 4 is 11.5 Å². The molecule has 144 valence electrons. The van der Waals surface area contributed by atoms with Crippen LogP contribution in [0.1, 0.15) is 29.7 Å². The van der Waals surface area contributed by atoms with E-state index in [-0.39, 0.29) is 10.6 Å². The number of hydrogen-bond donors (Lipinski definition) is 1. The number of nitrogens with one attached hydrogen (secondary N) is 1. The lowest BCUT2D eigenvalue weighted by molar-refractivity contribution is -0.384. The maximum absolute atomic E-state index is 10.9. The summed E-state index contributed by atoms with van der Waals surface area (Å²) < 4.78 is 7.12. The molecule has 0 bridgehead atoms. The molecule has 1 aliphatic rings. The fourth-order valence-corrected chi connectivity index (χ4v) is 3.55. The van der Waals surface area contributed by atoms with Gasteiger partial charge in [0.2, 0.25) is 0 Å². The van der Waals surface area contributed by atoms with E-state index in [2.05, 4.69) is 17.4 Å².